The molecule has 0 aromatic carbocycles. The standard InChI is InChI=1S/C21H20N6/c1-3-15(23-4-2)14-19-26-18(13-16-9-5-7-11-24-16)20(21(22)27-19)17-10-6-8-12-25-17/h3-12H,1-2,13-14H2,(H2,22,26,27)/b23-15+. The van der Waals surface area contributed by atoms with Crippen LogP contribution in [0.3, 0.4) is 0 Å². The minimum Gasteiger partial charge on any atom is -0.383 e. The number of nitrogens with two attached hydrogens (primary N) is 1. The molecule has 0 bridgehead atoms. The minimum absolute atomic E-state index is 0.381. The van der Waals surface area contributed by atoms with Crippen LogP contribution in [0.5, 0.6) is 0 Å². The molecule has 6 heteroatoms. The molecule has 0 aliphatic carbocycles. The maximum atomic E-state index is 6.30. The Kier molecular flexibility index (Phi) is 5.79. The second-order valence-electron chi connectivity index (χ2n) is 5.74. The van der Waals surface area contributed by atoms with Crippen LogP contribution in [-0.4, -0.2) is 25.6 Å². The summed E-state index contributed by atoms with van der Waals surface area (Å²) in [6.07, 6.45) is 7.54. The second-order valence-corrected chi connectivity index (χ2v) is 5.74. The highest BCUT2D eigenvalue weighted by molar-refractivity contribution is 5.96. The normalized spacial score (nSPS) is 11.2. The van der Waals surface area contributed by atoms with E-state index in [9.17, 15) is 0 Å². The fourth-order valence-electron chi connectivity index (χ4n) is 2.70. The lowest BCUT2D eigenvalue weighted by Gasteiger charge is -2.13. The summed E-state index contributed by atoms with van der Waals surface area (Å²) in [6.45, 7) is 7.39. The second kappa shape index (κ2) is 8.62. The first kappa shape index (κ1) is 18.1. The largest absolute Gasteiger partial charge is 0.383 e. The molecular weight excluding hydrogens is 336 g/mol. The van der Waals surface area contributed by atoms with Crippen LogP contribution in [0.1, 0.15) is 17.2 Å². The number of aliphatic imine (C=N–C) groups is 1. The van der Waals surface area contributed by atoms with Crippen LogP contribution < -0.4 is 5.73 Å². The third-order valence-corrected chi connectivity index (χ3v) is 3.89. The number of aromatic nitrogens is 4. The van der Waals surface area contributed by atoms with E-state index in [2.05, 4.69) is 33.1 Å². The lowest BCUT2D eigenvalue weighted by Crippen LogP contribution is -2.11. The average Bonchev–Trinajstić information content (AvgIpc) is 2.69. The first-order valence-electron chi connectivity index (χ1n) is 8.48. The van der Waals surface area contributed by atoms with Crippen molar-refractivity contribution in [3.8, 4) is 11.3 Å². The molecule has 3 rings (SSSR count). The molecule has 0 aliphatic rings. The average molecular weight is 356 g/mol. The van der Waals surface area contributed by atoms with Crippen molar-refractivity contribution in [1.29, 1.82) is 0 Å². The Labute approximate surface area is 158 Å². The zero-order chi connectivity index (χ0) is 19.1. The summed E-state index contributed by atoms with van der Waals surface area (Å²) in [4.78, 5) is 22.2. The molecule has 0 saturated carbocycles. The zero-order valence-corrected chi connectivity index (χ0v) is 14.9. The van der Waals surface area contributed by atoms with Gasteiger partial charge in [-0.15, -0.1) is 0 Å². The van der Waals surface area contributed by atoms with Crippen LogP contribution in [0.25, 0.3) is 11.3 Å². The Bertz CT molecular complexity index is 965. The van der Waals surface area contributed by atoms with Crippen molar-refractivity contribution in [3.05, 3.63) is 91.4 Å². The first-order chi connectivity index (χ1) is 13.2. The van der Waals surface area contributed by atoms with Crippen LogP contribution in [0, 0.1) is 0 Å². The highest BCUT2D eigenvalue weighted by atomic mass is 15.0. The van der Waals surface area contributed by atoms with E-state index in [0.29, 0.717) is 24.5 Å². The predicted octanol–water partition coefficient (Wildman–Crippen LogP) is 3.42. The van der Waals surface area contributed by atoms with Gasteiger partial charge in [-0.1, -0.05) is 25.3 Å². The fourth-order valence-corrected chi connectivity index (χ4v) is 2.70. The SMILES string of the molecule is C=C/N=C(\C=C)Cc1nc(N)c(-c2ccccn2)c(Cc2ccccn2)n1. The Balaban J connectivity index is 2.08. The molecule has 0 aliphatic heterocycles. The minimum atomic E-state index is 0.381. The van der Waals surface area contributed by atoms with Crippen molar-refractivity contribution in [2.45, 2.75) is 12.8 Å². The third kappa shape index (κ3) is 4.49. The van der Waals surface area contributed by atoms with Crippen molar-refractivity contribution in [1.82, 2.24) is 19.9 Å². The smallest absolute Gasteiger partial charge is 0.137 e. The van der Waals surface area contributed by atoms with Crippen LogP contribution in [0.2, 0.25) is 0 Å². The highest BCUT2D eigenvalue weighted by Crippen LogP contribution is 2.27. The molecule has 6 nitrogen and oxygen atoms in total. The van der Waals surface area contributed by atoms with Gasteiger partial charge in [0.25, 0.3) is 0 Å². The van der Waals surface area contributed by atoms with Gasteiger partial charge in [0.05, 0.1) is 23.4 Å². The number of hydrogen-bond acceptors (Lipinski definition) is 6. The van der Waals surface area contributed by atoms with Gasteiger partial charge in [-0.25, -0.2) is 9.97 Å². The number of nitrogens with zero attached hydrogens (tertiary/aromatic N) is 5. The van der Waals surface area contributed by atoms with E-state index in [4.69, 9.17) is 10.7 Å². The highest BCUT2D eigenvalue weighted by Gasteiger charge is 2.17. The third-order valence-electron chi connectivity index (χ3n) is 3.89. The molecule has 0 fully saturated rings. The summed E-state index contributed by atoms with van der Waals surface area (Å²) < 4.78 is 0. The number of hydrogen-bond donors (Lipinski definition) is 1. The Morgan fingerprint density at radius 3 is 2.44 bits per heavy atom. The van der Waals surface area contributed by atoms with Gasteiger partial charge in [-0.05, 0) is 30.3 Å². The summed E-state index contributed by atoms with van der Waals surface area (Å²) in [6, 6.07) is 11.4. The summed E-state index contributed by atoms with van der Waals surface area (Å²) in [7, 11) is 0. The molecule has 27 heavy (non-hydrogen) atoms. The maximum absolute atomic E-state index is 6.30. The first-order valence-corrected chi connectivity index (χ1v) is 8.48. The van der Waals surface area contributed by atoms with Crippen molar-refractivity contribution in [3.63, 3.8) is 0 Å². The van der Waals surface area contributed by atoms with E-state index in [-0.39, 0.29) is 0 Å². The van der Waals surface area contributed by atoms with Crippen molar-refractivity contribution in [2.75, 3.05) is 5.73 Å². The number of rotatable bonds is 7. The van der Waals surface area contributed by atoms with Gasteiger partial charge in [0, 0.05) is 36.4 Å². The van der Waals surface area contributed by atoms with Crippen LogP contribution >= 0.6 is 0 Å². The van der Waals surface area contributed by atoms with Gasteiger partial charge >= 0.3 is 0 Å². The number of pyridine rings is 2. The quantitative estimate of drug-likeness (QED) is 0.655. The summed E-state index contributed by atoms with van der Waals surface area (Å²) >= 11 is 0. The van der Waals surface area contributed by atoms with Gasteiger partial charge in [-0.3, -0.25) is 15.0 Å². The molecule has 3 aromatic rings. The van der Waals surface area contributed by atoms with E-state index in [1.54, 1.807) is 18.5 Å². The van der Waals surface area contributed by atoms with Crippen molar-refractivity contribution in [2.24, 2.45) is 4.99 Å². The summed E-state index contributed by atoms with van der Waals surface area (Å²) in [5.41, 5.74) is 10.1. The van der Waals surface area contributed by atoms with Crippen LogP contribution in [0.4, 0.5) is 5.82 Å². The van der Waals surface area contributed by atoms with E-state index < -0.39 is 0 Å². The molecule has 0 atom stereocenters. The molecule has 0 radical (unpaired) electrons. The Hall–Kier alpha value is -3.67. The summed E-state index contributed by atoms with van der Waals surface area (Å²) in [5.74, 6) is 0.949. The molecule has 0 unspecified atom stereocenters. The van der Waals surface area contributed by atoms with Gasteiger partial charge in [-0.2, -0.15) is 0 Å². The zero-order valence-electron chi connectivity index (χ0n) is 14.9. The molecular formula is C21H20N6. The van der Waals surface area contributed by atoms with Crippen molar-refractivity contribution < 1.29 is 0 Å². The van der Waals surface area contributed by atoms with Gasteiger partial charge in [0.15, 0.2) is 0 Å². The molecule has 2 N–H and O–H groups in total. The van der Waals surface area contributed by atoms with E-state index in [1.807, 2.05) is 36.4 Å². The van der Waals surface area contributed by atoms with E-state index in [1.165, 1.54) is 6.20 Å². The molecule has 0 spiro atoms. The lowest BCUT2D eigenvalue weighted by molar-refractivity contribution is 0.933. The maximum Gasteiger partial charge on any atom is 0.137 e. The van der Waals surface area contributed by atoms with E-state index >= 15 is 0 Å². The molecule has 0 amide bonds. The molecule has 3 heterocycles. The summed E-state index contributed by atoms with van der Waals surface area (Å²) in [5, 5.41) is 0. The monoisotopic (exact) mass is 356 g/mol. The van der Waals surface area contributed by atoms with Crippen LogP contribution in [-0.2, 0) is 12.8 Å². The molecule has 3 aromatic heterocycles. The fraction of sp³-hybridized carbons (Fsp3) is 0.0952. The van der Waals surface area contributed by atoms with Gasteiger partial charge in [0.1, 0.15) is 11.6 Å². The van der Waals surface area contributed by atoms with E-state index in [0.717, 1.165) is 28.4 Å². The van der Waals surface area contributed by atoms with Crippen molar-refractivity contribution >= 4 is 11.5 Å². The molecule has 0 saturated heterocycles. The Morgan fingerprint density at radius 1 is 1.04 bits per heavy atom. The topological polar surface area (TPSA) is 89.9 Å². The molecule has 134 valence electrons. The van der Waals surface area contributed by atoms with Gasteiger partial charge < -0.3 is 5.73 Å². The lowest BCUT2D eigenvalue weighted by atomic mass is 10.1. The predicted molar refractivity (Wildman–Crippen MR) is 108 cm³/mol. The van der Waals surface area contributed by atoms with Gasteiger partial charge in [0.2, 0.25) is 0 Å². The number of nitrogen functional groups attached to an aromatic ring is 1. The Morgan fingerprint density at radius 2 is 1.81 bits per heavy atom. The number of allylic oxidation sites excluding steroid dienone is 1. The van der Waals surface area contributed by atoms with Crippen LogP contribution in [0.15, 0.2) is 79.2 Å². The number of anilines is 1.